The molecule has 0 radical (unpaired) electrons. The van der Waals surface area contributed by atoms with Crippen LogP contribution in [0.25, 0.3) is 11.3 Å². The molecule has 182 valence electrons. The number of amides is 1. The zero-order valence-corrected chi connectivity index (χ0v) is 19.5. The van der Waals surface area contributed by atoms with E-state index in [2.05, 4.69) is 4.98 Å². The molecule has 3 aromatic rings. The molecule has 1 amide bonds. The molecule has 1 aliphatic rings. The van der Waals surface area contributed by atoms with E-state index in [-0.39, 0.29) is 41.9 Å². The largest absolute Gasteiger partial charge is 0.312 e. The molecule has 10 heteroatoms. The van der Waals surface area contributed by atoms with Crippen LogP contribution in [0, 0.1) is 40.5 Å². The smallest absolute Gasteiger partial charge is 0.269 e. The van der Waals surface area contributed by atoms with Crippen LogP contribution in [0.2, 0.25) is 0 Å². The number of Topliss-reactive ketones (excluding diaryl/α,β-unsaturated/α-hetero) is 1. The summed E-state index contributed by atoms with van der Waals surface area (Å²) in [7, 11) is 0. The van der Waals surface area contributed by atoms with Crippen LogP contribution >= 0.6 is 0 Å². The van der Waals surface area contributed by atoms with Crippen molar-refractivity contribution < 1.29 is 23.3 Å². The molecular formula is C25H24F2N4O4. The number of anilines is 1. The third-order valence-electron chi connectivity index (χ3n) is 6.10. The zero-order chi connectivity index (χ0) is 25.4. The standard InChI is InChI=1S/C25H24F2N4O4/c1-14(2)11-22(32)19-13-29-15(3)23(16-7-9-17(10-8-16)31(34)35)28-25(29)30(24(19)33)12-18-20(26)5-4-6-21(18)27/h4-10,14,19H,11-13H2,1-3H3. The molecule has 0 spiro atoms. The summed E-state index contributed by atoms with van der Waals surface area (Å²) >= 11 is 0. The Bertz CT molecular complexity index is 1300. The number of carbonyl (C=O) groups is 2. The van der Waals surface area contributed by atoms with Crippen molar-refractivity contribution in [2.24, 2.45) is 11.8 Å². The van der Waals surface area contributed by atoms with E-state index < -0.39 is 34.9 Å². The molecule has 0 aliphatic carbocycles. The number of nitro groups is 1. The van der Waals surface area contributed by atoms with Gasteiger partial charge in [0.2, 0.25) is 11.9 Å². The van der Waals surface area contributed by atoms with Gasteiger partial charge in [-0.3, -0.25) is 24.6 Å². The lowest BCUT2D eigenvalue weighted by atomic mass is 9.93. The summed E-state index contributed by atoms with van der Waals surface area (Å²) in [5, 5.41) is 11.0. The third kappa shape index (κ3) is 4.55. The Balaban J connectivity index is 1.81. The van der Waals surface area contributed by atoms with Crippen LogP contribution in [0.3, 0.4) is 0 Å². The van der Waals surface area contributed by atoms with Crippen molar-refractivity contribution in [2.45, 2.75) is 40.3 Å². The van der Waals surface area contributed by atoms with Crippen LogP contribution in [-0.2, 0) is 22.7 Å². The summed E-state index contributed by atoms with van der Waals surface area (Å²) in [4.78, 5) is 42.6. The van der Waals surface area contributed by atoms with Crippen molar-refractivity contribution in [3.05, 3.63) is 75.5 Å². The number of rotatable bonds is 7. The highest BCUT2D eigenvalue weighted by atomic mass is 19.1. The normalized spacial score (nSPS) is 15.4. The summed E-state index contributed by atoms with van der Waals surface area (Å²) in [6.45, 7) is 5.13. The van der Waals surface area contributed by atoms with Gasteiger partial charge in [0.15, 0.2) is 0 Å². The second-order valence-electron chi connectivity index (χ2n) is 9.00. The van der Waals surface area contributed by atoms with Crippen molar-refractivity contribution in [2.75, 3.05) is 4.90 Å². The average molecular weight is 482 g/mol. The van der Waals surface area contributed by atoms with Gasteiger partial charge in [0, 0.05) is 41.9 Å². The first kappa shape index (κ1) is 24.2. The van der Waals surface area contributed by atoms with E-state index in [9.17, 15) is 28.5 Å². The maximum Gasteiger partial charge on any atom is 0.269 e. The Morgan fingerprint density at radius 3 is 2.37 bits per heavy atom. The molecule has 35 heavy (non-hydrogen) atoms. The topological polar surface area (TPSA) is 98.3 Å². The second-order valence-corrected chi connectivity index (χ2v) is 9.00. The van der Waals surface area contributed by atoms with E-state index in [1.165, 1.54) is 18.2 Å². The molecule has 1 unspecified atom stereocenters. The third-order valence-corrected chi connectivity index (χ3v) is 6.10. The molecule has 0 N–H and O–H groups in total. The van der Waals surface area contributed by atoms with Crippen LogP contribution in [0.5, 0.6) is 0 Å². The summed E-state index contributed by atoms with van der Waals surface area (Å²) in [6, 6.07) is 9.23. The van der Waals surface area contributed by atoms with Gasteiger partial charge in [0.25, 0.3) is 5.69 Å². The van der Waals surface area contributed by atoms with Gasteiger partial charge in [0.1, 0.15) is 23.3 Å². The molecule has 1 aromatic heterocycles. The van der Waals surface area contributed by atoms with Gasteiger partial charge in [-0.05, 0) is 37.1 Å². The highest BCUT2D eigenvalue weighted by molar-refractivity contribution is 6.09. The van der Waals surface area contributed by atoms with E-state index in [1.54, 1.807) is 23.6 Å². The number of carbonyl (C=O) groups excluding carboxylic acids is 2. The van der Waals surface area contributed by atoms with E-state index in [4.69, 9.17) is 0 Å². The molecular weight excluding hydrogens is 458 g/mol. The maximum absolute atomic E-state index is 14.5. The number of hydrogen-bond acceptors (Lipinski definition) is 5. The van der Waals surface area contributed by atoms with Gasteiger partial charge in [-0.25, -0.2) is 13.8 Å². The zero-order valence-electron chi connectivity index (χ0n) is 19.5. The van der Waals surface area contributed by atoms with Crippen LogP contribution in [0.4, 0.5) is 20.4 Å². The highest BCUT2D eigenvalue weighted by Gasteiger charge is 2.40. The summed E-state index contributed by atoms with van der Waals surface area (Å²) in [5.74, 6) is -3.24. The summed E-state index contributed by atoms with van der Waals surface area (Å²) in [6.07, 6.45) is 0.191. The Kier molecular flexibility index (Phi) is 6.47. The van der Waals surface area contributed by atoms with Crippen molar-refractivity contribution in [1.29, 1.82) is 0 Å². The molecule has 0 saturated heterocycles. The van der Waals surface area contributed by atoms with Gasteiger partial charge in [0.05, 0.1) is 17.2 Å². The second kappa shape index (κ2) is 9.36. The minimum Gasteiger partial charge on any atom is -0.312 e. The molecule has 4 rings (SSSR count). The number of imidazole rings is 1. The SMILES string of the molecule is Cc1c(-c2ccc([N+](=O)[O-])cc2)nc2n1CC(C(=O)CC(C)C)C(=O)N2Cc1c(F)cccc1F. The van der Waals surface area contributed by atoms with Crippen molar-refractivity contribution >= 4 is 23.3 Å². The fourth-order valence-electron chi connectivity index (χ4n) is 4.28. The molecule has 2 heterocycles. The molecule has 0 bridgehead atoms. The van der Waals surface area contributed by atoms with E-state index in [0.717, 1.165) is 17.0 Å². The maximum atomic E-state index is 14.5. The molecule has 1 atom stereocenters. The predicted molar refractivity (Wildman–Crippen MR) is 125 cm³/mol. The minimum atomic E-state index is -1.02. The molecule has 0 fully saturated rings. The Morgan fingerprint density at radius 1 is 1.17 bits per heavy atom. The minimum absolute atomic E-state index is 0.0358. The van der Waals surface area contributed by atoms with Gasteiger partial charge < -0.3 is 4.57 Å². The fraction of sp³-hybridized carbons (Fsp3) is 0.320. The monoisotopic (exact) mass is 482 g/mol. The van der Waals surface area contributed by atoms with Crippen molar-refractivity contribution in [3.8, 4) is 11.3 Å². The van der Waals surface area contributed by atoms with Gasteiger partial charge in [-0.1, -0.05) is 19.9 Å². The molecule has 0 saturated carbocycles. The van der Waals surface area contributed by atoms with E-state index in [0.29, 0.717) is 17.0 Å². The highest BCUT2D eigenvalue weighted by Crippen LogP contribution is 2.35. The predicted octanol–water partition coefficient (Wildman–Crippen LogP) is 4.82. The summed E-state index contributed by atoms with van der Waals surface area (Å²) < 4.78 is 30.6. The van der Waals surface area contributed by atoms with Gasteiger partial charge >= 0.3 is 0 Å². The van der Waals surface area contributed by atoms with Crippen LogP contribution in [-0.4, -0.2) is 26.2 Å². The average Bonchev–Trinajstić information content (AvgIpc) is 3.13. The first-order chi connectivity index (χ1) is 16.6. The molecule has 1 aliphatic heterocycles. The van der Waals surface area contributed by atoms with Gasteiger partial charge in [-0.15, -0.1) is 0 Å². The number of non-ortho nitro benzene ring substituents is 1. The fourth-order valence-corrected chi connectivity index (χ4v) is 4.28. The van der Waals surface area contributed by atoms with Crippen molar-refractivity contribution in [3.63, 3.8) is 0 Å². The first-order valence-electron chi connectivity index (χ1n) is 11.2. The molecule has 8 nitrogen and oxygen atoms in total. The first-order valence-corrected chi connectivity index (χ1v) is 11.2. The van der Waals surface area contributed by atoms with E-state index >= 15 is 0 Å². The number of halogens is 2. The number of nitro benzene ring substituents is 1. The lowest BCUT2D eigenvalue weighted by molar-refractivity contribution is -0.384. The number of benzene rings is 2. The lowest BCUT2D eigenvalue weighted by Crippen LogP contribution is -2.47. The molecule has 2 aromatic carbocycles. The Morgan fingerprint density at radius 2 is 1.80 bits per heavy atom. The lowest BCUT2D eigenvalue weighted by Gasteiger charge is -2.33. The number of hydrogen-bond donors (Lipinski definition) is 0. The van der Waals surface area contributed by atoms with Crippen LogP contribution in [0.1, 0.15) is 31.5 Å². The summed E-state index contributed by atoms with van der Waals surface area (Å²) in [5.41, 5.74) is 1.27. The van der Waals surface area contributed by atoms with Crippen molar-refractivity contribution in [1.82, 2.24) is 9.55 Å². The van der Waals surface area contributed by atoms with Crippen LogP contribution in [0.15, 0.2) is 42.5 Å². The number of fused-ring (bicyclic) bond motifs is 1. The van der Waals surface area contributed by atoms with E-state index in [1.807, 2.05) is 13.8 Å². The van der Waals surface area contributed by atoms with Gasteiger partial charge in [-0.2, -0.15) is 0 Å². The quantitative estimate of drug-likeness (QED) is 0.273. The van der Waals surface area contributed by atoms with Crippen LogP contribution < -0.4 is 4.90 Å². The number of nitrogens with zero attached hydrogens (tertiary/aromatic N) is 4. The number of ketones is 1. The Labute approximate surface area is 200 Å². The number of aromatic nitrogens is 2. The Hall–Kier alpha value is -3.95.